The van der Waals surface area contributed by atoms with Gasteiger partial charge in [-0.2, -0.15) is 0 Å². The van der Waals surface area contributed by atoms with Gasteiger partial charge in [0.25, 0.3) is 0 Å². The first-order valence-corrected chi connectivity index (χ1v) is 9.44. The Balaban J connectivity index is 2.16. The molecule has 26 heavy (non-hydrogen) atoms. The highest BCUT2D eigenvalue weighted by molar-refractivity contribution is 5.65. The van der Waals surface area contributed by atoms with Crippen LogP contribution >= 0.6 is 0 Å². The molecule has 144 valence electrons. The van der Waals surface area contributed by atoms with Crippen LogP contribution in [0.15, 0.2) is 36.2 Å². The van der Waals surface area contributed by atoms with Crippen molar-refractivity contribution in [2.45, 2.75) is 51.0 Å². The van der Waals surface area contributed by atoms with Gasteiger partial charge in [0.1, 0.15) is 30.0 Å². The van der Waals surface area contributed by atoms with Gasteiger partial charge in [-0.3, -0.25) is 0 Å². The van der Waals surface area contributed by atoms with Crippen molar-refractivity contribution in [3.05, 3.63) is 42.0 Å². The molecule has 0 aliphatic heterocycles. The highest BCUT2D eigenvalue weighted by atomic mass is 19.1. The van der Waals surface area contributed by atoms with Crippen molar-refractivity contribution in [1.82, 2.24) is 10.2 Å². The SMILES string of the molecule is C/C=C(\NC(C=O)(COc1ccc(F)cc1)CC1CCCCC1)N(C)C. The van der Waals surface area contributed by atoms with E-state index in [1.54, 1.807) is 12.1 Å². The van der Waals surface area contributed by atoms with E-state index in [2.05, 4.69) is 5.32 Å². The summed E-state index contributed by atoms with van der Waals surface area (Å²) < 4.78 is 19.0. The van der Waals surface area contributed by atoms with Crippen LogP contribution in [0.1, 0.15) is 45.4 Å². The van der Waals surface area contributed by atoms with Gasteiger partial charge >= 0.3 is 0 Å². The van der Waals surface area contributed by atoms with Crippen LogP contribution in [0.4, 0.5) is 4.39 Å². The number of hydrogen-bond donors (Lipinski definition) is 1. The maximum Gasteiger partial charge on any atom is 0.148 e. The van der Waals surface area contributed by atoms with Gasteiger partial charge in [0.05, 0.1) is 5.82 Å². The molecular formula is C21H31FN2O2. The number of aldehydes is 1. The summed E-state index contributed by atoms with van der Waals surface area (Å²) in [4.78, 5) is 14.2. The summed E-state index contributed by atoms with van der Waals surface area (Å²) in [5.41, 5.74) is -0.803. The Morgan fingerprint density at radius 3 is 2.46 bits per heavy atom. The van der Waals surface area contributed by atoms with Crippen molar-refractivity contribution in [2.24, 2.45) is 5.92 Å². The Hall–Kier alpha value is -2.04. The van der Waals surface area contributed by atoms with Crippen LogP contribution in [-0.2, 0) is 4.79 Å². The molecule has 1 unspecified atom stereocenters. The zero-order chi connectivity index (χ0) is 19.0. The topological polar surface area (TPSA) is 41.6 Å². The third kappa shape index (κ3) is 5.75. The van der Waals surface area contributed by atoms with Gasteiger partial charge in [0.2, 0.25) is 0 Å². The molecule has 4 nitrogen and oxygen atoms in total. The van der Waals surface area contributed by atoms with Gasteiger partial charge in [-0.05, 0) is 49.6 Å². The van der Waals surface area contributed by atoms with E-state index >= 15 is 0 Å². The molecule has 1 aliphatic carbocycles. The molecule has 1 aromatic rings. The summed E-state index contributed by atoms with van der Waals surface area (Å²) in [5.74, 6) is 1.66. The molecule has 1 saturated carbocycles. The molecular weight excluding hydrogens is 331 g/mol. The number of allylic oxidation sites excluding steroid dienone is 1. The normalized spacial score (nSPS) is 18.1. The number of hydrogen-bond acceptors (Lipinski definition) is 4. The third-order valence-electron chi connectivity index (χ3n) is 5.05. The molecule has 0 aromatic heterocycles. The van der Waals surface area contributed by atoms with Crippen molar-refractivity contribution >= 4 is 6.29 Å². The van der Waals surface area contributed by atoms with Crippen molar-refractivity contribution in [2.75, 3.05) is 20.7 Å². The van der Waals surface area contributed by atoms with Crippen LogP contribution in [0, 0.1) is 11.7 Å². The van der Waals surface area contributed by atoms with E-state index < -0.39 is 5.54 Å². The molecule has 0 heterocycles. The minimum atomic E-state index is -0.803. The summed E-state index contributed by atoms with van der Waals surface area (Å²) in [7, 11) is 3.89. The Morgan fingerprint density at radius 2 is 1.92 bits per heavy atom. The molecule has 0 saturated heterocycles. The minimum Gasteiger partial charge on any atom is -0.491 e. The standard InChI is InChI=1S/C21H31FN2O2/c1-4-20(24(2)3)23-21(15-25,14-17-8-6-5-7-9-17)16-26-19-12-10-18(22)11-13-19/h4,10-13,15,17,23H,5-9,14,16H2,1-3H3/b20-4+. The predicted molar refractivity (Wildman–Crippen MR) is 102 cm³/mol. The molecule has 5 heteroatoms. The lowest BCUT2D eigenvalue weighted by atomic mass is 9.80. The fraction of sp³-hybridized carbons (Fsp3) is 0.571. The predicted octanol–water partition coefficient (Wildman–Crippen LogP) is 4.13. The van der Waals surface area contributed by atoms with Crippen LogP contribution in [0.2, 0.25) is 0 Å². The lowest BCUT2D eigenvalue weighted by molar-refractivity contribution is -0.115. The van der Waals surface area contributed by atoms with Crippen molar-refractivity contribution < 1.29 is 13.9 Å². The molecule has 1 N–H and O–H groups in total. The van der Waals surface area contributed by atoms with E-state index in [1.807, 2.05) is 32.0 Å². The van der Waals surface area contributed by atoms with Crippen LogP contribution in [-0.4, -0.2) is 37.4 Å². The van der Waals surface area contributed by atoms with Crippen molar-refractivity contribution in [1.29, 1.82) is 0 Å². The molecule has 1 fully saturated rings. The van der Waals surface area contributed by atoms with E-state index in [0.29, 0.717) is 11.7 Å². The number of rotatable bonds is 9. The second kappa shape index (κ2) is 9.60. The maximum absolute atomic E-state index is 13.1. The Labute approximate surface area is 156 Å². The molecule has 1 aliphatic rings. The van der Waals surface area contributed by atoms with Gasteiger partial charge in [0.15, 0.2) is 0 Å². The van der Waals surface area contributed by atoms with E-state index in [-0.39, 0.29) is 12.4 Å². The van der Waals surface area contributed by atoms with Crippen LogP contribution in [0.3, 0.4) is 0 Å². The number of carbonyl (C=O) groups is 1. The zero-order valence-electron chi connectivity index (χ0n) is 16.1. The van der Waals surface area contributed by atoms with Gasteiger partial charge in [-0.25, -0.2) is 4.39 Å². The Kier molecular flexibility index (Phi) is 7.49. The summed E-state index contributed by atoms with van der Waals surface area (Å²) >= 11 is 0. The second-order valence-corrected chi connectivity index (χ2v) is 7.42. The average Bonchev–Trinajstić information content (AvgIpc) is 2.66. The largest absolute Gasteiger partial charge is 0.491 e. The van der Waals surface area contributed by atoms with E-state index in [0.717, 1.165) is 31.4 Å². The van der Waals surface area contributed by atoms with Crippen LogP contribution in [0.5, 0.6) is 5.75 Å². The fourth-order valence-corrected chi connectivity index (χ4v) is 3.60. The zero-order valence-corrected chi connectivity index (χ0v) is 16.1. The fourth-order valence-electron chi connectivity index (χ4n) is 3.60. The smallest absolute Gasteiger partial charge is 0.148 e. The molecule has 0 amide bonds. The summed E-state index contributed by atoms with van der Waals surface area (Å²) in [6.07, 6.45) is 9.72. The Bertz CT molecular complexity index is 595. The van der Waals surface area contributed by atoms with Gasteiger partial charge < -0.3 is 19.7 Å². The van der Waals surface area contributed by atoms with Gasteiger partial charge in [-0.15, -0.1) is 0 Å². The Morgan fingerprint density at radius 1 is 1.27 bits per heavy atom. The summed E-state index contributed by atoms with van der Waals surface area (Å²) in [6, 6.07) is 5.91. The molecule has 1 aromatic carbocycles. The minimum absolute atomic E-state index is 0.212. The quantitative estimate of drug-likeness (QED) is 0.671. The number of nitrogens with one attached hydrogen (secondary N) is 1. The third-order valence-corrected chi connectivity index (χ3v) is 5.05. The summed E-state index contributed by atoms with van der Waals surface area (Å²) in [6.45, 7) is 2.16. The number of ether oxygens (including phenoxy) is 1. The highest BCUT2D eigenvalue weighted by Crippen LogP contribution is 2.31. The van der Waals surface area contributed by atoms with Crippen molar-refractivity contribution in [3.63, 3.8) is 0 Å². The molecule has 2 rings (SSSR count). The summed E-state index contributed by atoms with van der Waals surface area (Å²) in [5, 5.41) is 3.42. The maximum atomic E-state index is 13.1. The monoisotopic (exact) mass is 362 g/mol. The van der Waals surface area contributed by atoms with Crippen molar-refractivity contribution in [3.8, 4) is 5.75 Å². The molecule has 0 spiro atoms. The first-order chi connectivity index (χ1) is 12.5. The highest BCUT2D eigenvalue weighted by Gasteiger charge is 2.35. The molecule has 0 bridgehead atoms. The van der Waals surface area contributed by atoms with Gasteiger partial charge in [0, 0.05) is 14.1 Å². The lowest BCUT2D eigenvalue weighted by Crippen LogP contribution is -2.54. The van der Waals surface area contributed by atoms with E-state index in [4.69, 9.17) is 4.74 Å². The number of halogens is 1. The second-order valence-electron chi connectivity index (χ2n) is 7.42. The van der Waals surface area contributed by atoms with E-state index in [1.165, 1.54) is 31.4 Å². The van der Waals surface area contributed by atoms with E-state index in [9.17, 15) is 9.18 Å². The van der Waals surface area contributed by atoms with Gasteiger partial charge in [-0.1, -0.05) is 32.1 Å². The van der Waals surface area contributed by atoms with Crippen LogP contribution in [0.25, 0.3) is 0 Å². The lowest BCUT2D eigenvalue weighted by Gasteiger charge is -2.37. The van der Waals surface area contributed by atoms with Crippen LogP contribution < -0.4 is 10.1 Å². The molecule has 1 atom stereocenters. The molecule has 0 radical (unpaired) electrons. The first kappa shape index (κ1) is 20.3. The number of carbonyl (C=O) groups excluding carboxylic acids is 1. The number of nitrogens with zero attached hydrogens (tertiary/aromatic N) is 1. The first-order valence-electron chi connectivity index (χ1n) is 9.44. The average molecular weight is 362 g/mol. The number of benzene rings is 1.